The molecule has 0 saturated carbocycles. The van der Waals surface area contributed by atoms with E-state index >= 15 is 0 Å². The molecule has 1 amide bonds. The first-order valence-corrected chi connectivity index (χ1v) is 7.50. The van der Waals surface area contributed by atoms with Crippen molar-refractivity contribution in [1.29, 1.82) is 0 Å². The Morgan fingerprint density at radius 3 is 2.88 bits per heavy atom. The minimum atomic E-state index is -0.294. The second kappa shape index (κ2) is 7.10. The molecule has 1 aromatic heterocycles. The van der Waals surface area contributed by atoms with E-state index in [1.807, 2.05) is 18.2 Å². The van der Waals surface area contributed by atoms with E-state index in [2.05, 4.69) is 20.7 Å². The highest BCUT2D eigenvalue weighted by atomic mass is 35.5. The first kappa shape index (κ1) is 15.9. The molecule has 2 aromatic carbocycles. The second-order valence-electron chi connectivity index (χ2n) is 4.90. The Morgan fingerprint density at radius 2 is 2.08 bits per heavy atom. The molecular formula is C16H14ClN5O2. The van der Waals surface area contributed by atoms with E-state index in [-0.39, 0.29) is 12.5 Å². The van der Waals surface area contributed by atoms with E-state index in [9.17, 15) is 4.79 Å². The number of anilines is 1. The number of rotatable bonds is 5. The predicted molar refractivity (Wildman–Crippen MR) is 89.9 cm³/mol. The number of halogens is 1. The Labute approximate surface area is 143 Å². The first-order valence-electron chi connectivity index (χ1n) is 7.12. The molecule has 1 N–H and O–H groups in total. The lowest BCUT2D eigenvalue weighted by atomic mass is 10.2. The van der Waals surface area contributed by atoms with Crippen molar-refractivity contribution in [3.05, 3.63) is 53.6 Å². The van der Waals surface area contributed by atoms with E-state index in [0.29, 0.717) is 22.3 Å². The summed E-state index contributed by atoms with van der Waals surface area (Å²) in [6, 6.07) is 14.3. The number of tetrazole rings is 1. The quantitative estimate of drug-likeness (QED) is 0.770. The van der Waals surface area contributed by atoms with Crippen LogP contribution in [-0.2, 0) is 11.3 Å². The van der Waals surface area contributed by atoms with Gasteiger partial charge in [0.25, 0.3) is 0 Å². The van der Waals surface area contributed by atoms with Crippen molar-refractivity contribution in [3.63, 3.8) is 0 Å². The molecule has 0 aliphatic rings. The van der Waals surface area contributed by atoms with Gasteiger partial charge in [-0.05, 0) is 29.5 Å². The third-order valence-corrected chi connectivity index (χ3v) is 3.54. The third-order valence-electron chi connectivity index (χ3n) is 3.21. The van der Waals surface area contributed by atoms with Crippen molar-refractivity contribution in [2.45, 2.75) is 6.54 Å². The third kappa shape index (κ3) is 3.69. The highest BCUT2D eigenvalue weighted by molar-refractivity contribution is 6.33. The van der Waals surface area contributed by atoms with Crippen LogP contribution in [0.5, 0.6) is 5.75 Å². The maximum absolute atomic E-state index is 12.1. The lowest BCUT2D eigenvalue weighted by Crippen LogP contribution is -2.20. The molecular weight excluding hydrogens is 330 g/mol. The zero-order chi connectivity index (χ0) is 16.9. The maximum atomic E-state index is 12.1. The molecule has 0 spiro atoms. The average molecular weight is 344 g/mol. The standard InChI is InChI=1S/C16H14ClN5O2/c1-24-12-6-4-5-11(9-12)16-19-21-22(20-16)10-15(23)18-14-8-3-2-7-13(14)17/h2-9H,10H2,1H3,(H,18,23). The molecule has 3 rings (SSSR count). The fourth-order valence-electron chi connectivity index (χ4n) is 2.07. The molecule has 24 heavy (non-hydrogen) atoms. The normalized spacial score (nSPS) is 10.4. The van der Waals surface area contributed by atoms with Crippen LogP contribution in [0.25, 0.3) is 11.4 Å². The Balaban J connectivity index is 1.69. The van der Waals surface area contributed by atoms with Gasteiger partial charge in [-0.2, -0.15) is 4.80 Å². The van der Waals surface area contributed by atoms with Crippen LogP contribution in [-0.4, -0.2) is 33.2 Å². The predicted octanol–water partition coefficient (Wildman–Crippen LogP) is 2.64. The van der Waals surface area contributed by atoms with E-state index in [0.717, 1.165) is 5.56 Å². The lowest BCUT2D eigenvalue weighted by molar-refractivity contribution is -0.117. The number of hydrogen-bond donors (Lipinski definition) is 1. The zero-order valence-electron chi connectivity index (χ0n) is 12.8. The molecule has 8 heteroatoms. The van der Waals surface area contributed by atoms with Gasteiger partial charge in [0.05, 0.1) is 17.8 Å². The second-order valence-corrected chi connectivity index (χ2v) is 5.31. The minimum absolute atomic E-state index is 0.0673. The van der Waals surface area contributed by atoms with E-state index < -0.39 is 0 Å². The molecule has 1 heterocycles. The van der Waals surface area contributed by atoms with Crippen LogP contribution < -0.4 is 10.1 Å². The zero-order valence-corrected chi connectivity index (χ0v) is 13.6. The monoisotopic (exact) mass is 343 g/mol. The summed E-state index contributed by atoms with van der Waals surface area (Å²) in [7, 11) is 1.59. The topological polar surface area (TPSA) is 81.9 Å². The number of carbonyl (C=O) groups is 1. The van der Waals surface area contributed by atoms with Crippen molar-refractivity contribution in [1.82, 2.24) is 20.2 Å². The number of amides is 1. The van der Waals surface area contributed by atoms with Gasteiger partial charge in [-0.1, -0.05) is 35.9 Å². The lowest BCUT2D eigenvalue weighted by Gasteiger charge is -2.05. The Bertz CT molecular complexity index is 865. The summed E-state index contributed by atoms with van der Waals surface area (Å²) in [5, 5.41) is 15.2. The van der Waals surface area contributed by atoms with Gasteiger partial charge in [0.1, 0.15) is 12.3 Å². The Kier molecular flexibility index (Phi) is 4.72. The average Bonchev–Trinajstić information content (AvgIpc) is 3.05. The summed E-state index contributed by atoms with van der Waals surface area (Å²) < 4.78 is 5.17. The van der Waals surface area contributed by atoms with Crippen LogP contribution in [0, 0.1) is 0 Å². The van der Waals surface area contributed by atoms with Gasteiger partial charge in [-0.25, -0.2) is 0 Å². The van der Waals surface area contributed by atoms with Crippen molar-refractivity contribution < 1.29 is 9.53 Å². The highest BCUT2D eigenvalue weighted by Gasteiger charge is 2.11. The summed E-state index contributed by atoms with van der Waals surface area (Å²) in [4.78, 5) is 13.3. The first-order chi connectivity index (χ1) is 11.7. The molecule has 122 valence electrons. The van der Waals surface area contributed by atoms with Crippen LogP contribution in [0.15, 0.2) is 48.5 Å². The molecule has 0 radical (unpaired) electrons. The summed E-state index contributed by atoms with van der Waals surface area (Å²) in [5.41, 5.74) is 1.30. The Morgan fingerprint density at radius 1 is 1.25 bits per heavy atom. The van der Waals surface area contributed by atoms with E-state index in [1.165, 1.54) is 4.80 Å². The van der Waals surface area contributed by atoms with Gasteiger partial charge >= 0.3 is 0 Å². The maximum Gasteiger partial charge on any atom is 0.248 e. The number of hydrogen-bond acceptors (Lipinski definition) is 5. The van der Waals surface area contributed by atoms with Crippen LogP contribution in [0.4, 0.5) is 5.69 Å². The SMILES string of the molecule is COc1cccc(-c2nnn(CC(=O)Nc3ccccc3Cl)n2)c1. The molecule has 0 saturated heterocycles. The largest absolute Gasteiger partial charge is 0.497 e. The van der Waals surface area contributed by atoms with Gasteiger partial charge in [0, 0.05) is 5.56 Å². The molecule has 0 aliphatic heterocycles. The summed E-state index contributed by atoms with van der Waals surface area (Å²) in [6.07, 6.45) is 0. The van der Waals surface area contributed by atoms with Crippen molar-refractivity contribution in [3.8, 4) is 17.1 Å². The fourth-order valence-corrected chi connectivity index (χ4v) is 2.25. The number of carbonyl (C=O) groups excluding carboxylic acids is 1. The van der Waals surface area contributed by atoms with E-state index in [4.69, 9.17) is 16.3 Å². The summed E-state index contributed by atoms with van der Waals surface area (Å²) in [5.74, 6) is 0.817. The molecule has 0 fully saturated rings. The van der Waals surface area contributed by atoms with Gasteiger partial charge < -0.3 is 10.1 Å². The summed E-state index contributed by atoms with van der Waals surface area (Å²) >= 11 is 6.01. The number of benzene rings is 2. The summed E-state index contributed by atoms with van der Waals surface area (Å²) in [6.45, 7) is -0.0673. The number of nitrogens with one attached hydrogen (secondary N) is 1. The molecule has 0 bridgehead atoms. The van der Waals surface area contributed by atoms with Crippen LogP contribution in [0.1, 0.15) is 0 Å². The van der Waals surface area contributed by atoms with Crippen LogP contribution in [0.2, 0.25) is 5.02 Å². The number of methoxy groups -OCH3 is 1. The van der Waals surface area contributed by atoms with Gasteiger partial charge in [-0.3, -0.25) is 4.79 Å². The number of para-hydroxylation sites is 1. The van der Waals surface area contributed by atoms with Gasteiger partial charge in [0.15, 0.2) is 0 Å². The van der Waals surface area contributed by atoms with E-state index in [1.54, 1.807) is 37.4 Å². The smallest absolute Gasteiger partial charge is 0.248 e. The molecule has 0 aliphatic carbocycles. The Hall–Kier alpha value is -2.93. The van der Waals surface area contributed by atoms with Crippen LogP contribution in [0.3, 0.4) is 0 Å². The minimum Gasteiger partial charge on any atom is -0.497 e. The molecule has 7 nitrogen and oxygen atoms in total. The van der Waals surface area contributed by atoms with Crippen LogP contribution >= 0.6 is 11.6 Å². The van der Waals surface area contributed by atoms with Gasteiger partial charge in [-0.15, -0.1) is 10.2 Å². The molecule has 0 atom stereocenters. The molecule has 0 unspecified atom stereocenters. The van der Waals surface area contributed by atoms with Gasteiger partial charge in [0.2, 0.25) is 11.7 Å². The number of aromatic nitrogens is 4. The molecule has 3 aromatic rings. The van der Waals surface area contributed by atoms with Crippen molar-refractivity contribution in [2.24, 2.45) is 0 Å². The fraction of sp³-hybridized carbons (Fsp3) is 0.125. The highest BCUT2D eigenvalue weighted by Crippen LogP contribution is 2.21. The van der Waals surface area contributed by atoms with Crippen molar-refractivity contribution in [2.75, 3.05) is 12.4 Å². The van der Waals surface area contributed by atoms with Crippen molar-refractivity contribution >= 4 is 23.2 Å². The number of nitrogens with zero attached hydrogens (tertiary/aromatic N) is 4. The number of ether oxygens (including phenoxy) is 1.